The zero-order chi connectivity index (χ0) is 12.4. The molecule has 92 valence electrons. The SMILES string of the molecule is CC(CN)CC(N)c1cn(C)c2ccccc12. The van der Waals surface area contributed by atoms with Crippen LogP contribution in [0.25, 0.3) is 10.9 Å². The Morgan fingerprint density at radius 1 is 1.29 bits per heavy atom. The minimum atomic E-state index is 0.0691. The van der Waals surface area contributed by atoms with E-state index in [4.69, 9.17) is 11.5 Å². The molecule has 0 saturated carbocycles. The molecule has 2 unspecified atom stereocenters. The highest BCUT2D eigenvalue weighted by atomic mass is 14.9. The van der Waals surface area contributed by atoms with Gasteiger partial charge in [0, 0.05) is 30.2 Å². The van der Waals surface area contributed by atoms with E-state index in [0.717, 1.165) is 6.42 Å². The Morgan fingerprint density at radius 3 is 2.71 bits per heavy atom. The fourth-order valence-electron chi connectivity index (χ4n) is 2.33. The van der Waals surface area contributed by atoms with Crippen LogP contribution in [0, 0.1) is 5.92 Å². The number of nitrogens with zero attached hydrogens (tertiary/aromatic N) is 1. The Balaban J connectivity index is 2.35. The molecule has 2 aromatic rings. The summed E-state index contributed by atoms with van der Waals surface area (Å²) < 4.78 is 2.14. The van der Waals surface area contributed by atoms with Crippen LogP contribution in [0.3, 0.4) is 0 Å². The Labute approximate surface area is 102 Å². The Bertz CT molecular complexity index is 501. The van der Waals surface area contributed by atoms with E-state index in [9.17, 15) is 0 Å². The first kappa shape index (κ1) is 12.1. The van der Waals surface area contributed by atoms with Gasteiger partial charge in [-0.1, -0.05) is 25.1 Å². The van der Waals surface area contributed by atoms with E-state index in [1.807, 2.05) is 0 Å². The fourth-order valence-corrected chi connectivity index (χ4v) is 2.33. The van der Waals surface area contributed by atoms with Crippen molar-refractivity contribution in [1.29, 1.82) is 0 Å². The maximum atomic E-state index is 6.28. The molecule has 0 fully saturated rings. The van der Waals surface area contributed by atoms with Crippen LogP contribution in [0.15, 0.2) is 30.5 Å². The highest BCUT2D eigenvalue weighted by Crippen LogP contribution is 2.27. The monoisotopic (exact) mass is 231 g/mol. The van der Waals surface area contributed by atoms with Crippen molar-refractivity contribution in [3.8, 4) is 0 Å². The number of aryl methyl sites for hydroxylation is 1. The van der Waals surface area contributed by atoms with Crippen molar-refractivity contribution < 1.29 is 0 Å². The Kier molecular flexibility index (Phi) is 3.50. The zero-order valence-electron chi connectivity index (χ0n) is 10.6. The van der Waals surface area contributed by atoms with Crippen molar-refractivity contribution in [3.05, 3.63) is 36.0 Å². The summed E-state index contributed by atoms with van der Waals surface area (Å²) in [4.78, 5) is 0. The maximum Gasteiger partial charge on any atom is 0.0481 e. The molecule has 0 aliphatic heterocycles. The lowest BCUT2D eigenvalue weighted by atomic mass is 9.96. The lowest BCUT2D eigenvalue weighted by Crippen LogP contribution is -2.19. The third kappa shape index (κ3) is 2.35. The summed E-state index contributed by atoms with van der Waals surface area (Å²) in [5.74, 6) is 0.462. The van der Waals surface area contributed by atoms with Gasteiger partial charge in [0.2, 0.25) is 0 Å². The normalized spacial score (nSPS) is 15.1. The Morgan fingerprint density at radius 2 is 2.00 bits per heavy atom. The van der Waals surface area contributed by atoms with E-state index in [0.29, 0.717) is 12.5 Å². The summed E-state index contributed by atoms with van der Waals surface area (Å²) in [5.41, 5.74) is 14.4. The number of fused-ring (bicyclic) bond motifs is 1. The highest BCUT2D eigenvalue weighted by Gasteiger charge is 2.15. The van der Waals surface area contributed by atoms with Crippen molar-refractivity contribution >= 4 is 10.9 Å². The second kappa shape index (κ2) is 4.90. The molecule has 4 N–H and O–H groups in total. The topological polar surface area (TPSA) is 57.0 Å². The van der Waals surface area contributed by atoms with E-state index < -0.39 is 0 Å². The average molecular weight is 231 g/mol. The first-order valence-corrected chi connectivity index (χ1v) is 6.13. The summed E-state index contributed by atoms with van der Waals surface area (Å²) in [6.07, 6.45) is 3.07. The molecule has 2 rings (SSSR count). The van der Waals surface area contributed by atoms with Crippen molar-refractivity contribution in [2.24, 2.45) is 24.4 Å². The van der Waals surface area contributed by atoms with Crippen LogP contribution >= 0.6 is 0 Å². The van der Waals surface area contributed by atoms with Gasteiger partial charge in [-0.05, 0) is 30.5 Å². The molecular formula is C14H21N3. The van der Waals surface area contributed by atoms with E-state index >= 15 is 0 Å². The maximum absolute atomic E-state index is 6.28. The van der Waals surface area contributed by atoms with Gasteiger partial charge in [-0.25, -0.2) is 0 Å². The smallest absolute Gasteiger partial charge is 0.0481 e. The molecule has 3 nitrogen and oxygen atoms in total. The van der Waals surface area contributed by atoms with Gasteiger partial charge in [-0.15, -0.1) is 0 Å². The van der Waals surface area contributed by atoms with Crippen LogP contribution in [0.4, 0.5) is 0 Å². The van der Waals surface area contributed by atoms with Crippen LogP contribution < -0.4 is 11.5 Å². The number of hydrogen-bond donors (Lipinski definition) is 2. The molecule has 0 amide bonds. The van der Waals surface area contributed by atoms with Crippen molar-refractivity contribution in [2.75, 3.05) is 6.54 Å². The van der Waals surface area contributed by atoms with Crippen LogP contribution in [0.5, 0.6) is 0 Å². The first-order chi connectivity index (χ1) is 8.13. The van der Waals surface area contributed by atoms with Gasteiger partial charge in [0.15, 0.2) is 0 Å². The second-order valence-electron chi connectivity index (χ2n) is 4.90. The number of nitrogens with two attached hydrogens (primary N) is 2. The third-order valence-electron chi connectivity index (χ3n) is 3.39. The number of aromatic nitrogens is 1. The molecule has 0 aliphatic carbocycles. The van der Waals surface area contributed by atoms with Gasteiger partial charge in [-0.3, -0.25) is 0 Å². The third-order valence-corrected chi connectivity index (χ3v) is 3.39. The molecule has 0 saturated heterocycles. The van der Waals surface area contributed by atoms with Crippen LogP contribution in [0.2, 0.25) is 0 Å². The molecule has 1 aromatic heterocycles. The van der Waals surface area contributed by atoms with Crippen LogP contribution in [-0.2, 0) is 7.05 Å². The predicted octanol–water partition coefficient (Wildman–Crippen LogP) is 2.16. The summed E-state index contributed by atoms with van der Waals surface area (Å²) >= 11 is 0. The van der Waals surface area contributed by atoms with E-state index in [1.54, 1.807) is 0 Å². The molecule has 0 radical (unpaired) electrons. The quantitative estimate of drug-likeness (QED) is 0.847. The lowest BCUT2D eigenvalue weighted by Gasteiger charge is -2.15. The molecule has 17 heavy (non-hydrogen) atoms. The van der Waals surface area contributed by atoms with Gasteiger partial charge < -0.3 is 16.0 Å². The summed E-state index contributed by atoms with van der Waals surface area (Å²) in [6, 6.07) is 8.44. The molecule has 0 bridgehead atoms. The molecule has 1 aromatic carbocycles. The molecule has 1 heterocycles. The molecule has 0 spiro atoms. The zero-order valence-corrected chi connectivity index (χ0v) is 10.6. The van der Waals surface area contributed by atoms with Gasteiger partial charge in [0.1, 0.15) is 0 Å². The van der Waals surface area contributed by atoms with Gasteiger partial charge in [-0.2, -0.15) is 0 Å². The van der Waals surface area contributed by atoms with Crippen LogP contribution in [-0.4, -0.2) is 11.1 Å². The summed E-state index contributed by atoms with van der Waals surface area (Å²) in [6.45, 7) is 2.84. The minimum absolute atomic E-state index is 0.0691. The second-order valence-corrected chi connectivity index (χ2v) is 4.90. The molecular weight excluding hydrogens is 210 g/mol. The van der Waals surface area contributed by atoms with Gasteiger partial charge in [0.05, 0.1) is 0 Å². The van der Waals surface area contributed by atoms with Crippen molar-refractivity contribution in [2.45, 2.75) is 19.4 Å². The first-order valence-electron chi connectivity index (χ1n) is 6.13. The summed E-state index contributed by atoms with van der Waals surface area (Å²) in [7, 11) is 2.06. The minimum Gasteiger partial charge on any atom is -0.350 e. The summed E-state index contributed by atoms with van der Waals surface area (Å²) in [5, 5.41) is 1.26. The standard InChI is InChI=1S/C14H21N3/c1-10(8-15)7-13(16)12-9-17(2)14-6-4-3-5-11(12)14/h3-6,9-10,13H,7-8,15-16H2,1-2H3. The number of hydrogen-bond acceptors (Lipinski definition) is 2. The lowest BCUT2D eigenvalue weighted by molar-refractivity contribution is 0.483. The number of rotatable bonds is 4. The van der Waals surface area contributed by atoms with Crippen molar-refractivity contribution in [1.82, 2.24) is 4.57 Å². The largest absolute Gasteiger partial charge is 0.350 e. The van der Waals surface area contributed by atoms with Crippen molar-refractivity contribution in [3.63, 3.8) is 0 Å². The van der Waals surface area contributed by atoms with Crippen LogP contribution in [0.1, 0.15) is 24.9 Å². The Hall–Kier alpha value is -1.32. The number of benzene rings is 1. The van der Waals surface area contributed by atoms with E-state index in [-0.39, 0.29) is 6.04 Å². The highest BCUT2D eigenvalue weighted by molar-refractivity contribution is 5.84. The predicted molar refractivity (Wildman–Crippen MR) is 72.7 cm³/mol. The molecule has 3 heteroatoms. The van der Waals surface area contributed by atoms with Gasteiger partial charge in [0.25, 0.3) is 0 Å². The average Bonchev–Trinajstić information content (AvgIpc) is 2.67. The van der Waals surface area contributed by atoms with E-state index in [1.165, 1.54) is 16.5 Å². The fraction of sp³-hybridized carbons (Fsp3) is 0.429. The molecule has 0 aliphatic rings. The number of para-hydroxylation sites is 1. The van der Waals surface area contributed by atoms with Gasteiger partial charge >= 0.3 is 0 Å². The van der Waals surface area contributed by atoms with E-state index in [2.05, 4.69) is 49.0 Å². The molecule has 2 atom stereocenters.